The summed E-state index contributed by atoms with van der Waals surface area (Å²) < 4.78 is 13.9. The predicted molar refractivity (Wildman–Crippen MR) is 77.2 cm³/mol. The first kappa shape index (κ1) is 14.8. The number of benzene rings is 1. The molecule has 0 saturated heterocycles. The third kappa shape index (κ3) is 3.70. The molecule has 0 radical (unpaired) electrons. The molecule has 0 bridgehead atoms. The van der Waals surface area contributed by atoms with Crippen molar-refractivity contribution >= 4 is 5.84 Å². The van der Waals surface area contributed by atoms with Crippen molar-refractivity contribution < 1.29 is 9.60 Å². The summed E-state index contributed by atoms with van der Waals surface area (Å²) in [5.74, 6) is 0.403. The fourth-order valence-corrected chi connectivity index (χ4v) is 2.63. The van der Waals surface area contributed by atoms with E-state index < -0.39 is 0 Å². The topological polar surface area (TPSA) is 70.6 Å². The van der Waals surface area contributed by atoms with E-state index in [1.807, 2.05) is 0 Å². The van der Waals surface area contributed by atoms with Crippen LogP contribution in [0.15, 0.2) is 23.4 Å². The van der Waals surface area contributed by atoms with Gasteiger partial charge in [-0.25, -0.2) is 4.39 Å². The molecule has 1 saturated carbocycles. The molecule has 0 aromatic heterocycles. The Morgan fingerprint density at radius 3 is 2.70 bits per heavy atom. The summed E-state index contributed by atoms with van der Waals surface area (Å²) in [4.78, 5) is 0. The van der Waals surface area contributed by atoms with E-state index in [0.717, 1.165) is 18.8 Å². The molecular weight excluding hydrogens is 257 g/mol. The molecule has 1 aromatic carbocycles. The smallest absolute Gasteiger partial charge is 0.170 e. The Hall–Kier alpha value is -1.62. The van der Waals surface area contributed by atoms with E-state index in [1.54, 1.807) is 12.1 Å². The van der Waals surface area contributed by atoms with E-state index >= 15 is 0 Å². The molecule has 0 unspecified atom stereocenters. The van der Waals surface area contributed by atoms with Gasteiger partial charge in [-0.2, -0.15) is 0 Å². The first-order valence-corrected chi connectivity index (χ1v) is 7.10. The highest BCUT2D eigenvalue weighted by Crippen LogP contribution is 2.23. The minimum atomic E-state index is -0.328. The van der Waals surface area contributed by atoms with Crippen LogP contribution in [0.4, 0.5) is 4.39 Å². The van der Waals surface area contributed by atoms with Crippen LogP contribution in [-0.2, 0) is 6.54 Å². The lowest BCUT2D eigenvalue weighted by molar-refractivity contribution is 0.305. The van der Waals surface area contributed by atoms with Crippen LogP contribution in [0.3, 0.4) is 0 Å². The average molecular weight is 279 g/mol. The normalized spacial score (nSPS) is 23.8. The SMILES string of the molecule is CC1CCC(NCc2ccc(/C(N)=N/O)cc2F)CC1. The zero-order valence-electron chi connectivity index (χ0n) is 11.8. The maximum Gasteiger partial charge on any atom is 0.170 e. The number of halogens is 1. The molecule has 110 valence electrons. The first-order chi connectivity index (χ1) is 9.60. The van der Waals surface area contributed by atoms with E-state index in [2.05, 4.69) is 17.4 Å². The van der Waals surface area contributed by atoms with Gasteiger partial charge in [-0.3, -0.25) is 0 Å². The number of oxime groups is 1. The second-order valence-corrected chi connectivity index (χ2v) is 5.63. The minimum absolute atomic E-state index is 0.0790. The Labute approximate surface area is 118 Å². The molecular formula is C15H22FN3O. The van der Waals surface area contributed by atoms with Gasteiger partial charge < -0.3 is 16.3 Å². The van der Waals surface area contributed by atoms with Gasteiger partial charge in [0.1, 0.15) is 5.82 Å². The number of nitrogens with two attached hydrogens (primary N) is 1. The molecule has 0 heterocycles. The van der Waals surface area contributed by atoms with Crippen LogP contribution in [-0.4, -0.2) is 17.1 Å². The van der Waals surface area contributed by atoms with E-state index in [0.29, 0.717) is 23.7 Å². The van der Waals surface area contributed by atoms with Gasteiger partial charge in [0.15, 0.2) is 5.84 Å². The average Bonchev–Trinajstić information content (AvgIpc) is 2.46. The molecule has 2 rings (SSSR count). The van der Waals surface area contributed by atoms with Crippen LogP contribution in [0.5, 0.6) is 0 Å². The first-order valence-electron chi connectivity index (χ1n) is 7.10. The molecule has 5 heteroatoms. The Bertz CT molecular complexity index is 482. The van der Waals surface area contributed by atoms with Gasteiger partial charge in [-0.15, -0.1) is 0 Å². The summed E-state index contributed by atoms with van der Waals surface area (Å²) in [7, 11) is 0. The van der Waals surface area contributed by atoms with Gasteiger partial charge in [0.2, 0.25) is 0 Å². The largest absolute Gasteiger partial charge is 0.409 e. The number of rotatable bonds is 4. The monoisotopic (exact) mass is 279 g/mol. The van der Waals surface area contributed by atoms with E-state index in [-0.39, 0.29) is 11.7 Å². The lowest BCUT2D eigenvalue weighted by Crippen LogP contribution is -2.32. The number of amidine groups is 1. The van der Waals surface area contributed by atoms with Crippen molar-refractivity contribution in [2.75, 3.05) is 0 Å². The van der Waals surface area contributed by atoms with E-state index in [9.17, 15) is 4.39 Å². The van der Waals surface area contributed by atoms with Crippen LogP contribution in [0.1, 0.15) is 43.7 Å². The quantitative estimate of drug-likeness (QED) is 0.343. The number of hydrogen-bond acceptors (Lipinski definition) is 3. The maximum absolute atomic E-state index is 13.9. The summed E-state index contributed by atoms with van der Waals surface area (Å²) >= 11 is 0. The van der Waals surface area contributed by atoms with Crippen LogP contribution < -0.4 is 11.1 Å². The van der Waals surface area contributed by atoms with Crippen molar-refractivity contribution in [2.45, 2.75) is 45.2 Å². The summed E-state index contributed by atoms with van der Waals surface area (Å²) in [5, 5.41) is 14.9. The van der Waals surface area contributed by atoms with Crippen LogP contribution in [0.25, 0.3) is 0 Å². The third-order valence-corrected chi connectivity index (χ3v) is 4.05. The summed E-state index contributed by atoms with van der Waals surface area (Å²) in [6, 6.07) is 5.13. The van der Waals surface area contributed by atoms with Crippen molar-refractivity contribution in [1.82, 2.24) is 5.32 Å². The van der Waals surface area contributed by atoms with E-state index in [1.165, 1.54) is 18.9 Å². The van der Waals surface area contributed by atoms with Gasteiger partial charge in [-0.05, 0) is 37.7 Å². The van der Waals surface area contributed by atoms with Crippen molar-refractivity contribution in [3.05, 3.63) is 35.1 Å². The van der Waals surface area contributed by atoms with Gasteiger partial charge in [0, 0.05) is 23.7 Å². The molecule has 1 aliphatic rings. The zero-order valence-corrected chi connectivity index (χ0v) is 11.8. The van der Waals surface area contributed by atoms with Crippen molar-refractivity contribution in [2.24, 2.45) is 16.8 Å². The maximum atomic E-state index is 13.9. The lowest BCUT2D eigenvalue weighted by atomic mass is 9.87. The van der Waals surface area contributed by atoms with Gasteiger partial charge in [0.25, 0.3) is 0 Å². The number of nitrogens with one attached hydrogen (secondary N) is 1. The Morgan fingerprint density at radius 2 is 2.10 bits per heavy atom. The molecule has 1 fully saturated rings. The highest BCUT2D eigenvalue weighted by molar-refractivity contribution is 5.97. The standard InChI is InChI=1S/C15H22FN3O/c1-10-2-6-13(7-3-10)18-9-12-5-4-11(8-14(12)16)15(17)19-20/h4-5,8,10,13,18,20H,2-3,6-7,9H2,1H3,(H2,17,19). The molecule has 0 amide bonds. The second kappa shape index (κ2) is 6.70. The van der Waals surface area contributed by atoms with Gasteiger partial charge in [0.05, 0.1) is 0 Å². The van der Waals surface area contributed by atoms with Crippen molar-refractivity contribution in [3.8, 4) is 0 Å². The highest BCUT2D eigenvalue weighted by atomic mass is 19.1. The third-order valence-electron chi connectivity index (χ3n) is 4.05. The van der Waals surface area contributed by atoms with E-state index in [4.69, 9.17) is 10.9 Å². The molecule has 4 nitrogen and oxygen atoms in total. The fourth-order valence-electron chi connectivity index (χ4n) is 2.63. The zero-order chi connectivity index (χ0) is 14.5. The van der Waals surface area contributed by atoms with Gasteiger partial charge in [-0.1, -0.05) is 24.2 Å². The second-order valence-electron chi connectivity index (χ2n) is 5.63. The Morgan fingerprint density at radius 1 is 1.40 bits per heavy atom. The van der Waals surface area contributed by atoms with Crippen molar-refractivity contribution in [3.63, 3.8) is 0 Å². The van der Waals surface area contributed by atoms with Gasteiger partial charge >= 0.3 is 0 Å². The number of hydrogen-bond donors (Lipinski definition) is 3. The predicted octanol–water partition coefficient (Wildman–Crippen LogP) is 2.59. The molecule has 20 heavy (non-hydrogen) atoms. The lowest BCUT2D eigenvalue weighted by Gasteiger charge is -2.27. The summed E-state index contributed by atoms with van der Waals surface area (Å²) in [5.41, 5.74) is 6.43. The van der Waals surface area contributed by atoms with Crippen LogP contribution in [0, 0.1) is 11.7 Å². The van der Waals surface area contributed by atoms with Crippen LogP contribution >= 0.6 is 0 Å². The number of nitrogens with zero attached hydrogens (tertiary/aromatic N) is 1. The molecule has 0 spiro atoms. The minimum Gasteiger partial charge on any atom is -0.409 e. The van der Waals surface area contributed by atoms with Crippen molar-refractivity contribution in [1.29, 1.82) is 0 Å². The summed E-state index contributed by atoms with van der Waals surface area (Å²) in [6.45, 7) is 2.79. The fraction of sp³-hybridized carbons (Fsp3) is 0.533. The highest BCUT2D eigenvalue weighted by Gasteiger charge is 2.18. The molecule has 1 aromatic rings. The molecule has 4 N–H and O–H groups in total. The molecule has 1 aliphatic carbocycles. The molecule has 0 aliphatic heterocycles. The Kier molecular flexibility index (Phi) is 4.95. The summed E-state index contributed by atoms with van der Waals surface area (Å²) in [6.07, 6.45) is 4.79. The molecule has 0 atom stereocenters. The van der Waals surface area contributed by atoms with Crippen LogP contribution in [0.2, 0.25) is 0 Å². The Balaban J connectivity index is 1.93.